The van der Waals surface area contributed by atoms with Crippen LogP contribution in [0.5, 0.6) is 0 Å². The average Bonchev–Trinajstić information content (AvgIpc) is 3.77. The maximum atomic E-state index is 13.6. The lowest BCUT2D eigenvalue weighted by atomic mass is 9.96. The summed E-state index contributed by atoms with van der Waals surface area (Å²) in [4.78, 5) is 27.0. The van der Waals surface area contributed by atoms with Gasteiger partial charge in [-0.25, -0.2) is 4.98 Å². The zero-order valence-corrected chi connectivity index (χ0v) is 27.1. The van der Waals surface area contributed by atoms with Crippen LogP contribution in [0.4, 0.5) is 0 Å². The molecule has 7 rings (SSSR count). The molecule has 1 fully saturated rings. The lowest BCUT2D eigenvalue weighted by molar-refractivity contribution is 0.0592. The molecule has 46 heavy (non-hydrogen) atoms. The molecule has 0 radical (unpaired) electrons. The van der Waals surface area contributed by atoms with Gasteiger partial charge in [0.2, 0.25) is 0 Å². The highest BCUT2D eigenvalue weighted by molar-refractivity contribution is 7.98. The number of thiazole rings is 1. The smallest absolute Gasteiger partial charge is 0.273 e. The predicted molar refractivity (Wildman–Crippen MR) is 183 cm³/mol. The Kier molecular flexibility index (Phi) is 9.00. The van der Waals surface area contributed by atoms with Crippen molar-refractivity contribution < 1.29 is 4.79 Å². The summed E-state index contributed by atoms with van der Waals surface area (Å²) in [6.07, 6.45) is 3.55. The molecular weight excluding hydrogens is 611 g/mol. The van der Waals surface area contributed by atoms with Crippen LogP contribution in [0.15, 0.2) is 120 Å². The summed E-state index contributed by atoms with van der Waals surface area (Å²) in [5.41, 5.74) is 6.07. The molecule has 3 aromatic heterocycles. The number of hydrogen-bond acceptors (Lipinski definition) is 8. The molecule has 10 heteroatoms. The van der Waals surface area contributed by atoms with Gasteiger partial charge < -0.3 is 4.90 Å². The first kappa shape index (κ1) is 30.0. The number of thioether (sulfide) groups is 1. The Morgan fingerprint density at radius 1 is 0.848 bits per heavy atom. The minimum absolute atomic E-state index is 0.00920. The first-order chi connectivity index (χ1) is 22.7. The van der Waals surface area contributed by atoms with Crippen LogP contribution < -0.4 is 0 Å². The van der Waals surface area contributed by atoms with Crippen LogP contribution in [0, 0.1) is 6.92 Å². The third-order valence-corrected chi connectivity index (χ3v) is 10.2. The van der Waals surface area contributed by atoms with E-state index < -0.39 is 0 Å². The molecule has 3 aromatic carbocycles. The van der Waals surface area contributed by atoms with Crippen LogP contribution in [0.1, 0.15) is 38.2 Å². The van der Waals surface area contributed by atoms with E-state index in [-0.39, 0.29) is 11.9 Å². The van der Waals surface area contributed by atoms with Crippen LogP contribution in [-0.2, 0) is 5.75 Å². The predicted octanol–water partition coefficient (Wildman–Crippen LogP) is 6.93. The average molecular weight is 644 g/mol. The van der Waals surface area contributed by atoms with Crippen molar-refractivity contribution in [2.45, 2.75) is 23.9 Å². The van der Waals surface area contributed by atoms with Gasteiger partial charge in [0.05, 0.1) is 17.5 Å². The molecule has 1 saturated heterocycles. The molecular formula is C36H33N7OS2. The number of rotatable bonds is 9. The number of para-hydroxylation sites is 1. The topological polar surface area (TPSA) is 80.0 Å². The van der Waals surface area contributed by atoms with E-state index in [9.17, 15) is 4.79 Å². The molecule has 0 spiro atoms. The van der Waals surface area contributed by atoms with Crippen LogP contribution in [0.3, 0.4) is 0 Å². The van der Waals surface area contributed by atoms with Crippen molar-refractivity contribution in [1.29, 1.82) is 0 Å². The zero-order chi connectivity index (χ0) is 31.3. The quantitative estimate of drug-likeness (QED) is 0.158. The van der Waals surface area contributed by atoms with Gasteiger partial charge in [-0.15, -0.1) is 21.5 Å². The molecule has 6 aromatic rings. The van der Waals surface area contributed by atoms with Gasteiger partial charge in [0.15, 0.2) is 11.0 Å². The molecule has 0 N–H and O–H groups in total. The second-order valence-corrected chi connectivity index (χ2v) is 13.0. The zero-order valence-electron chi connectivity index (χ0n) is 25.4. The second kappa shape index (κ2) is 13.8. The first-order valence-electron chi connectivity index (χ1n) is 15.3. The highest BCUT2D eigenvalue weighted by Gasteiger charge is 2.29. The van der Waals surface area contributed by atoms with Crippen molar-refractivity contribution >= 4 is 29.0 Å². The Balaban J connectivity index is 1.03. The first-order valence-corrected chi connectivity index (χ1v) is 17.1. The molecule has 1 amide bonds. The third-order valence-electron chi connectivity index (χ3n) is 8.20. The Morgan fingerprint density at radius 2 is 1.54 bits per heavy atom. The van der Waals surface area contributed by atoms with Crippen molar-refractivity contribution in [1.82, 2.24) is 34.5 Å². The summed E-state index contributed by atoms with van der Waals surface area (Å²) in [6.45, 7) is 4.99. The number of piperazine rings is 1. The molecule has 0 unspecified atom stereocenters. The Morgan fingerprint density at radius 3 is 2.22 bits per heavy atom. The number of aryl methyl sites for hydroxylation is 1. The highest BCUT2D eigenvalue weighted by atomic mass is 32.2. The van der Waals surface area contributed by atoms with Crippen molar-refractivity contribution in [3.63, 3.8) is 0 Å². The number of pyridine rings is 1. The van der Waals surface area contributed by atoms with Gasteiger partial charge in [-0.1, -0.05) is 90.6 Å². The number of nitrogens with zero attached hydrogens (tertiary/aromatic N) is 7. The van der Waals surface area contributed by atoms with Gasteiger partial charge in [-0.2, -0.15) is 0 Å². The van der Waals surface area contributed by atoms with Crippen molar-refractivity contribution in [3.8, 4) is 17.1 Å². The number of carbonyl (C=O) groups is 1. The minimum atomic E-state index is -0.00920. The van der Waals surface area contributed by atoms with E-state index >= 15 is 0 Å². The summed E-state index contributed by atoms with van der Waals surface area (Å²) in [5, 5.41) is 12.6. The molecule has 0 atom stereocenters. The van der Waals surface area contributed by atoms with Crippen LogP contribution >= 0.6 is 23.1 Å². The monoisotopic (exact) mass is 643 g/mol. The molecule has 0 saturated carbocycles. The van der Waals surface area contributed by atoms with E-state index in [4.69, 9.17) is 4.98 Å². The molecule has 1 aliphatic rings. The van der Waals surface area contributed by atoms with E-state index in [0.29, 0.717) is 24.5 Å². The fourth-order valence-corrected chi connectivity index (χ4v) is 7.64. The second-order valence-electron chi connectivity index (χ2n) is 11.1. The van der Waals surface area contributed by atoms with Gasteiger partial charge in [0.1, 0.15) is 10.7 Å². The van der Waals surface area contributed by atoms with Gasteiger partial charge in [-0.05, 0) is 41.8 Å². The number of amides is 1. The van der Waals surface area contributed by atoms with E-state index in [0.717, 1.165) is 45.9 Å². The molecule has 1 aliphatic heterocycles. The van der Waals surface area contributed by atoms with Crippen molar-refractivity contribution in [3.05, 3.63) is 142 Å². The molecule has 230 valence electrons. The Hall–Kier alpha value is -4.64. The molecule has 4 heterocycles. The van der Waals surface area contributed by atoms with E-state index in [1.165, 1.54) is 22.5 Å². The van der Waals surface area contributed by atoms with Gasteiger partial charge in [0.25, 0.3) is 5.91 Å². The molecule has 8 nitrogen and oxygen atoms in total. The number of carbonyl (C=O) groups excluding carboxylic acids is 1. The fraction of sp³-hybridized carbons (Fsp3) is 0.194. The van der Waals surface area contributed by atoms with Gasteiger partial charge in [-0.3, -0.25) is 19.2 Å². The normalized spacial score (nSPS) is 13.7. The van der Waals surface area contributed by atoms with E-state index in [2.05, 4.69) is 104 Å². The van der Waals surface area contributed by atoms with E-state index in [1.807, 2.05) is 34.5 Å². The summed E-state index contributed by atoms with van der Waals surface area (Å²) < 4.78 is 2.08. The standard InChI is InChI=1S/C36H33N7OS2/c1-26-11-8-9-17-31(26)43-34(29-16-10-18-37-23-29)39-40-36(43)46-25-32-38-30(24-45-32)35(44)42-21-19-41(20-22-42)33(27-12-4-2-5-13-27)28-14-6-3-7-15-28/h2-18,23-24,33H,19-22,25H2,1H3. The lowest BCUT2D eigenvalue weighted by Gasteiger charge is -2.39. The summed E-state index contributed by atoms with van der Waals surface area (Å²) in [7, 11) is 0. The Labute approximate surface area is 276 Å². The summed E-state index contributed by atoms with van der Waals surface area (Å²) in [6, 6.07) is 33.5. The summed E-state index contributed by atoms with van der Waals surface area (Å²) in [5.74, 6) is 1.31. The van der Waals surface area contributed by atoms with Crippen molar-refractivity contribution in [2.75, 3.05) is 26.2 Å². The maximum Gasteiger partial charge on any atom is 0.273 e. The number of aromatic nitrogens is 5. The third kappa shape index (κ3) is 6.37. The van der Waals surface area contributed by atoms with Gasteiger partial charge >= 0.3 is 0 Å². The minimum Gasteiger partial charge on any atom is -0.335 e. The maximum absolute atomic E-state index is 13.6. The SMILES string of the molecule is Cc1ccccc1-n1c(SCc2nc(C(=O)N3CCN(C(c4ccccc4)c4ccccc4)CC3)cs2)nnc1-c1cccnc1. The van der Waals surface area contributed by atoms with Gasteiger partial charge in [0, 0.05) is 49.5 Å². The largest absolute Gasteiger partial charge is 0.335 e. The highest BCUT2D eigenvalue weighted by Crippen LogP contribution is 2.32. The lowest BCUT2D eigenvalue weighted by Crippen LogP contribution is -2.50. The van der Waals surface area contributed by atoms with Crippen LogP contribution in [0.25, 0.3) is 17.1 Å². The number of benzene rings is 3. The fourth-order valence-electron chi connectivity index (χ4n) is 5.91. The molecule has 0 aliphatic carbocycles. The molecule has 0 bridgehead atoms. The Bertz CT molecular complexity index is 1860. The number of hydrogen-bond donors (Lipinski definition) is 0. The van der Waals surface area contributed by atoms with Crippen molar-refractivity contribution in [2.24, 2.45) is 0 Å². The summed E-state index contributed by atoms with van der Waals surface area (Å²) >= 11 is 3.08. The van der Waals surface area contributed by atoms with E-state index in [1.54, 1.807) is 24.2 Å². The van der Waals surface area contributed by atoms with Crippen LogP contribution in [0.2, 0.25) is 0 Å². The van der Waals surface area contributed by atoms with Crippen LogP contribution in [-0.4, -0.2) is 66.6 Å².